The molecule has 0 saturated heterocycles. The summed E-state index contributed by atoms with van der Waals surface area (Å²) in [5.74, 6) is 0.542. The number of hydrogen-bond acceptors (Lipinski definition) is 5. The van der Waals surface area contributed by atoms with Crippen molar-refractivity contribution in [3.63, 3.8) is 0 Å². The molecule has 0 aromatic carbocycles. The Labute approximate surface area is 148 Å². The molecule has 1 unspecified atom stereocenters. The van der Waals surface area contributed by atoms with Gasteiger partial charge in [0.1, 0.15) is 12.2 Å². The normalized spacial score (nSPS) is 21.0. The number of urea groups is 1. The standard InChI is InChI=1S/C18H26N4O3/c1-13(9-10-24-2)21-18(23)22-15-4-6-16(7-5-15)25-17-8-3-14(11-19)12-20-17/h3,8,12-13,15-16H,4-7,9-10H2,1-2H3,(H2,21,22,23). The van der Waals surface area contributed by atoms with E-state index in [0.29, 0.717) is 18.1 Å². The maximum absolute atomic E-state index is 12.0. The molecule has 1 saturated carbocycles. The Hall–Kier alpha value is -2.33. The molecular formula is C18H26N4O3. The molecule has 1 aliphatic rings. The van der Waals surface area contributed by atoms with Crippen molar-refractivity contribution in [2.24, 2.45) is 0 Å². The average Bonchev–Trinajstić information content (AvgIpc) is 2.62. The van der Waals surface area contributed by atoms with E-state index >= 15 is 0 Å². The number of ether oxygens (including phenoxy) is 2. The van der Waals surface area contributed by atoms with E-state index in [1.165, 1.54) is 6.20 Å². The molecule has 1 heterocycles. The smallest absolute Gasteiger partial charge is 0.315 e. The molecule has 1 aliphatic carbocycles. The number of nitrogens with one attached hydrogen (secondary N) is 2. The Morgan fingerprint density at radius 1 is 1.40 bits per heavy atom. The molecule has 7 nitrogen and oxygen atoms in total. The highest BCUT2D eigenvalue weighted by molar-refractivity contribution is 5.74. The Morgan fingerprint density at radius 3 is 2.76 bits per heavy atom. The minimum absolute atomic E-state index is 0.0853. The number of rotatable bonds is 7. The monoisotopic (exact) mass is 346 g/mol. The summed E-state index contributed by atoms with van der Waals surface area (Å²) in [6.07, 6.45) is 5.89. The molecule has 7 heteroatoms. The van der Waals surface area contributed by atoms with Gasteiger partial charge in [0, 0.05) is 38.1 Å². The Morgan fingerprint density at radius 2 is 2.16 bits per heavy atom. The fourth-order valence-corrected chi connectivity index (χ4v) is 2.83. The Kier molecular flexibility index (Phi) is 7.48. The van der Waals surface area contributed by atoms with Crippen LogP contribution in [0, 0.1) is 11.3 Å². The first-order chi connectivity index (χ1) is 12.1. The minimum atomic E-state index is -0.123. The summed E-state index contributed by atoms with van der Waals surface area (Å²) in [5, 5.41) is 14.7. The van der Waals surface area contributed by atoms with Crippen LogP contribution in [0.2, 0.25) is 0 Å². The van der Waals surface area contributed by atoms with Gasteiger partial charge in [0.25, 0.3) is 0 Å². The number of nitriles is 1. The molecule has 2 N–H and O–H groups in total. The van der Waals surface area contributed by atoms with Crippen molar-refractivity contribution in [2.75, 3.05) is 13.7 Å². The summed E-state index contributed by atoms with van der Waals surface area (Å²) >= 11 is 0. The molecule has 0 bridgehead atoms. The zero-order valence-corrected chi connectivity index (χ0v) is 14.8. The number of aromatic nitrogens is 1. The molecule has 0 radical (unpaired) electrons. The molecule has 2 rings (SSSR count). The second kappa shape index (κ2) is 9.84. The molecule has 0 spiro atoms. The number of carbonyl (C=O) groups excluding carboxylic acids is 1. The number of pyridine rings is 1. The van der Waals surface area contributed by atoms with Gasteiger partial charge >= 0.3 is 6.03 Å². The first-order valence-electron chi connectivity index (χ1n) is 8.69. The molecule has 136 valence electrons. The zero-order chi connectivity index (χ0) is 18.1. The second-order valence-electron chi connectivity index (χ2n) is 6.39. The predicted molar refractivity (Wildman–Crippen MR) is 93.2 cm³/mol. The first-order valence-corrected chi connectivity index (χ1v) is 8.69. The van der Waals surface area contributed by atoms with Crippen LogP contribution in [0.5, 0.6) is 5.88 Å². The van der Waals surface area contributed by atoms with Crippen LogP contribution < -0.4 is 15.4 Å². The summed E-state index contributed by atoms with van der Waals surface area (Å²) in [4.78, 5) is 16.1. The summed E-state index contributed by atoms with van der Waals surface area (Å²) in [5.41, 5.74) is 0.519. The predicted octanol–water partition coefficient (Wildman–Crippen LogP) is 2.37. The van der Waals surface area contributed by atoms with Gasteiger partial charge < -0.3 is 20.1 Å². The van der Waals surface area contributed by atoms with E-state index in [0.717, 1.165) is 32.1 Å². The van der Waals surface area contributed by atoms with Crippen LogP contribution in [0.1, 0.15) is 44.6 Å². The van der Waals surface area contributed by atoms with Gasteiger partial charge in [-0.1, -0.05) is 0 Å². The lowest BCUT2D eigenvalue weighted by atomic mass is 9.93. The Balaban J connectivity index is 1.68. The SMILES string of the molecule is COCCC(C)NC(=O)NC1CCC(Oc2ccc(C#N)cn2)CC1. The lowest BCUT2D eigenvalue weighted by Gasteiger charge is -2.29. The van der Waals surface area contributed by atoms with Crippen molar-refractivity contribution >= 4 is 6.03 Å². The molecule has 0 aliphatic heterocycles. The molecule has 25 heavy (non-hydrogen) atoms. The highest BCUT2D eigenvalue weighted by Crippen LogP contribution is 2.23. The fourth-order valence-electron chi connectivity index (χ4n) is 2.83. The Bertz CT molecular complexity index is 577. The summed E-state index contributed by atoms with van der Waals surface area (Å²) in [6.45, 7) is 2.60. The van der Waals surface area contributed by atoms with E-state index < -0.39 is 0 Å². The first kappa shape index (κ1) is 19.0. The van der Waals surface area contributed by atoms with Crippen LogP contribution in [-0.2, 0) is 4.74 Å². The van der Waals surface area contributed by atoms with Gasteiger partial charge in [0.05, 0.1) is 5.56 Å². The van der Waals surface area contributed by atoms with E-state index in [2.05, 4.69) is 15.6 Å². The van der Waals surface area contributed by atoms with Gasteiger partial charge in [0.2, 0.25) is 5.88 Å². The lowest BCUT2D eigenvalue weighted by molar-refractivity contribution is 0.134. The average molecular weight is 346 g/mol. The second-order valence-corrected chi connectivity index (χ2v) is 6.39. The number of nitrogens with zero attached hydrogens (tertiary/aromatic N) is 2. The topological polar surface area (TPSA) is 96.3 Å². The molecule has 1 aromatic rings. The zero-order valence-electron chi connectivity index (χ0n) is 14.8. The maximum Gasteiger partial charge on any atom is 0.315 e. The van der Waals surface area contributed by atoms with Gasteiger partial charge in [-0.15, -0.1) is 0 Å². The van der Waals surface area contributed by atoms with Crippen LogP contribution >= 0.6 is 0 Å². The number of methoxy groups -OCH3 is 1. The van der Waals surface area contributed by atoms with Gasteiger partial charge in [0.15, 0.2) is 0 Å². The largest absolute Gasteiger partial charge is 0.474 e. The third-order valence-corrected chi connectivity index (χ3v) is 4.29. The van der Waals surface area contributed by atoms with Crippen LogP contribution in [0.4, 0.5) is 4.79 Å². The van der Waals surface area contributed by atoms with E-state index in [1.807, 2.05) is 13.0 Å². The van der Waals surface area contributed by atoms with Crippen LogP contribution in [-0.4, -0.2) is 42.9 Å². The number of hydrogen-bond donors (Lipinski definition) is 2. The molecule has 1 aromatic heterocycles. The van der Waals surface area contributed by atoms with E-state index in [1.54, 1.807) is 19.2 Å². The number of amides is 2. The fraction of sp³-hybridized carbons (Fsp3) is 0.611. The van der Waals surface area contributed by atoms with Crippen LogP contribution in [0.15, 0.2) is 18.3 Å². The minimum Gasteiger partial charge on any atom is -0.474 e. The molecule has 2 amide bonds. The van der Waals surface area contributed by atoms with E-state index in [9.17, 15) is 4.79 Å². The number of carbonyl (C=O) groups is 1. The van der Waals surface area contributed by atoms with E-state index in [-0.39, 0.29) is 24.2 Å². The van der Waals surface area contributed by atoms with Crippen molar-refractivity contribution in [1.82, 2.24) is 15.6 Å². The summed E-state index contributed by atoms with van der Waals surface area (Å²) < 4.78 is 10.9. The van der Waals surface area contributed by atoms with Crippen molar-refractivity contribution in [3.05, 3.63) is 23.9 Å². The highest BCUT2D eigenvalue weighted by Gasteiger charge is 2.24. The quantitative estimate of drug-likeness (QED) is 0.790. The highest BCUT2D eigenvalue weighted by atomic mass is 16.5. The van der Waals surface area contributed by atoms with Gasteiger partial charge in [-0.2, -0.15) is 5.26 Å². The summed E-state index contributed by atoms with van der Waals surface area (Å²) in [6, 6.07) is 5.59. The van der Waals surface area contributed by atoms with E-state index in [4.69, 9.17) is 14.7 Å². The van der Waals surface area contributed by atoms with Crippen molar-refractivity contribution < 1.29 is 14.3 Å². The van der Waals surface area contributed by atoms with Crippen LogP contribution in [0.25, 0.3) is 0 Å². The van der Waals surface area contributed by atoms with Gasteiger partial charge in [-0.05, 0) is 45.1 Å². The molecule has 1 fully saturated rings. The summed E-state index contributed by atoms with van der Waals surface area (Å²) in [7, 11) is 1.65. The van der Waals surface area contributed by atoms with Crippen molar-refractivity contribution in [1.29, 1.82) is 5.26 Å². The van der Waals surface area contributed by atoms with Crippen LogP contribution in [0.3, 0.4) is 0 Å². The third-order valence-electron chi connectivity index (χ3n) is 4.29. The lowest BCUT2D eigenvalue weighted by Crippen LogP contribution is -2.47. The van der Waals surface area contributed by atoms with Crippen molar-refractivity contribution in [2.45, 2.75) is 57.2 Å². The molecular weight excluding hydrogens is 320 g/mol. The van der Waals surface area contributed by atoms with Gasteiger partial charge in [-0.3, -0.25) is 0 Å². The third kappa shape index (κ3) is 6.59. The van der Waals surface area contributed by atoms with Gasteiger partial charge in [-0.25, -0.2) is 9.78 Å². The van der Waals surface area contributed by atoms with Crippen molar-refractivity contribution in [3.8, 4) is 11.9 Å². The molecule has 1 atom stereocenters. The maximum atomic E-state index is 12.0.